The van der Waals surface area contributed by atoms with Crippen molar-refractivity contribution in [3.63, 3.8) is 0 Å². The number of hydrogen-bond donors (Lipinski definition) is 1. The Bertz CT molecular complexity index is 597. The topological polar surface area (TPSA) is 43.1 Å². The fourth-order valence-electron chi connectivity index (χ4n) is 2.51. The van der Waals surface area contributed by atoms with Gasteiger partial charge in [-0.1, -0.05) is 42.8 Å². The fourth-order valence-corrected chi connectivity index (χ4v) is 2.51. The summed E-state index contributed by atoms with van der Waals surface area (Å²) >= 11 is 0. The van der Waals surface area contributed by atoms with E-state index in [9.17, 15) is 4.79 Å². The van der Waals surface area contributed by atoms with Gasteiger partial charge in [-0.15, -0.1) is 0 Å². The van der Waals surface area contributed by atoms with Crippen LogP contribution in [0.3, 0.4) is 0 Å². The second-order valence-corrected chi connectivity index (χ2v) is 5.17. The number of nitrogen functional groups attached to an aromatic ring is 1. The largest absolute Gasteiger partial charge is 0.398 e. The Balaban J connectivity index is 1.86. The molecule has 96 valence electrons. The van der Waals surface area contributed by atoms with Crippen LogP contribution in [0.2, 0.25) is 0 Å². The number of ketones is 1. The Kier molecular flexibility index (Phi) is 3.08. The monoisotopic (exact) mass is 251 g/mol. The molecule has 2 nitrogen and oxygen atoms in total. The summed E-state index contributed by atoms with van der Waals surface area (Å²) in [6.45, 7) is 0. The van der Waals surface area contributed by atoms with Crippen LogP contribution < -0.4 is 5.73 Å². The Morgan fingerprint density at radius 1 is 1.00 bits per heavy atom. The van der Waals surface area contributed by atoms with Crippen LogP contribution in [0.4, 0.5) is 5.69 Å². The Morgan fingerprint density at radius 2 is 1.68 bits per heavy atom. The molecule has 3 rings (SSSR count). The molecule has 2 aromatic rings. The third-order valence-corrected chi connectivity index (χ3v) is 3.95. The van der Waals surface area contributed by atoms with Crippen molar-refractivity contribution >= 4 is 11.5 Å². The van der Waals surface area contributed by atoms with Crippen LogP contribution in [-0.2, 0) is 0 Å². The van der Waals surface area contributed by atoms with E-state index in [2.05, 4.69) is 12.1 Å². The first-order chi connectivity index (χ1) is 9.25. The van der Waals surface area contributed by atoms with Crippen molar-refractivity contribution in [1.29, 1.82) is 0 Å². The number of nitrogens with two attached hydrogens (primary N) is 1. The average Bonchev–Trinajstić information content (AvgIpc) is 2.37. The number of anilines is 1. The Labute approximate surface area is 113 Å². The number of rotatable bonds is 3. The zero-order valence-corrected chi connectivity index (χ0v) is 10.8. The van der Waals surface area contributed by atoms with Crippen LogP contribution in [0.5, 0.6) is 0 Å². The van der Waals surface area contributed by atoms with Crippen molar-refractivity contribution in [3.05, 3.63) is 65.2 Å². The molecule has 0 aliphatic heterocycles. The molecule has 0 unspecified atom stereocenters. The van der Waals surface area contributed by atoms with Crippen molar-refractivity contribution < 1.29 is 4.79 Å². The predicted molar refractivity (Wildman–Crippen MR) is 77.3 cm³/mol. The summed E-state index contributed by atoms with van der Waals surface area (Å²) in [4.78, 5) is 12.4. The zero-order valence-electron chi connectivity index (χ0n) is 10.8. The molecule has 1 aliphatic carbocycles. The van der Waals surface area contributed by atoms with Crippen molar-refractivity contribution in [1.82, 2.24) is 0 Å². The van der Waals surface area contributed by atoms with Crippen LogP contribution in [0, 0.1) is 0 Å². The molecular weight excluding hydrogens is 234 g/mol. The summed E-state index contributed by atoms with van der Waals surface area (Å²) in [5.74, 6) is 0.698. The summed E-state index contributed by atoms with van der Waals surface area (Å²) in [7, 11) is 0. The third kappa shape index (κ3) is 2.26. The summed E-state index contributed by atoms with van der Waals surface area (Å²) < 4.78 is 0. The lowest BCUT2D eigenvalue weighted by atomic mass is 9.80. The van der Waals surface area contributed by atoms with Gasteiger partial charge in [0.05, 0.1) is 0 Å². The molecule has 2 heteroatoms. The van der Waals surface area contributed by atoms with Gasteiger partial charge in [0.1, 0.15) is 0 Å². The molecule has 2 N–H and O–H groups in total. The number of hydrogen-bond acceptors (Lipinski definition) is 2. The summed E-state index contributed by atoms with van der Waals surface area (Å²) in [6, 6.07) is 15.2. The smallest absolute Gasteiger partial charge is 0.195 e. The summed E-state index contributed by atoms with van der Waals surface area (Å²) in [5.41, 5.74) is 9.03. The van der Waals surface area contributed by atoms with E-state index >= 15 is 0 Å². The molecule has 0 saturated heterocycles. The first-order valence-corrected chi connectivity index (χ1v) is 6.75. The maximum Gasteiger partial charge on any atom is 0.195 e. The van der Waals surface area contributed by atoms with Crippen molar-refractivity contribution in [2.75, 3.05) is 5.73 Å². The van der Waals surface area contributed by atoms with E-state index in [0.29, 0.717) is 22.7 Å². The number of carbonyl (C=O) groups is 1. The number of benzene rings is 2. The minimum atomic E-state index is -0.00161. The second kappa shape index (κ2) is 4.88. The highest BCUT2D eigenvalue weighted by Gasteiger charge is 2.19. The van der Waals surface area contributed by atoms with E-state index in [-0.39, 0.29) is 5.78 Å². The van der Waals surface area contributed by atoms with Gasteiger partial charge in [-0.3, -0.25) is 4.79 Å². The standard InChI is InChI=1S/C17H17NO/c18-16-7-2-1-6-15(16)17(19)14-10-8-13(9-11-14)12-4-3-5-12/h1-2,6-12H,3-5,18H2. The van der Waals surface area contributed by atoms with Gasteiger partial charge in [-0.05, 0) is 36.5 Å². The van der Waals surface area contributed by atoms with Gasteiger partial charge in [-0.25, -0.2) is 0 Å². The lowest BCUT2D eigenvalue weighted by molar-refractivity contribution is 0.103. The van der Waals surface area contributed by atoms with Gasteiger partial charge < -0.3 is 5.73 Å². The van der Waals surface area contributed by atoms with Crippen LogP contribution in [0.25, 0.3) is 0 Å². The quantitative estimate of drug-likeness (QED) is 0.666. The van der Waals surface area contributed by atoms with Crippen LogP contribution in [0.15, 0.2) is 48.5 Å². The van der Waals surface area contributed by atoms with Gasteiger partial charge in [-0.2, -0.15) is 0 Å². The highest BCUT2D eigenvalue weighted by atomic mass is 16.1. The lowest BCUT2D eigenvalue weighted by Gasteiger charge is -2.25. The third-order valence-electron chi connectivity index (χ3n) is 3.95. The maximum absolute atomic E-state index is 12.4. The van der Waals surface area contributed by atoms with E-state index in [1.54, 1.807) is 12.1 Å². The van der Waals surface area contributed by atoms with Crippen molar-refractivity contribution in [2.45, 2.75) is 25.2 Å². The highest BCUT2D eigenvalue weighted by Crippen LogP contribution is 2.36. The molecule has 0 atom stereocenters. The molecule has 0 heterocycles. The van der Waals surface area contributed by atoms with Gasteiger partial charge >= 0.3 is 0 Å². The fraction of sp³-hybridized carbons (Fsp3) is 0.235. The SMILES string of the molecule is Nc1ccccc1C(=O)c1ccc(C2CCC2)cc1. The lowest BCUT2D eigenvalue weighted by Crippen LogP contribution is -2.09. The van der Waals surface area contributed by atoms with Crippen LogP contribution >= 0.6 is 0 Å². The molecule has 0 bridgehead atoms. The van der Waals surface area contributed by atoms with Gasteiger partial charge in [0.2, 0.25) is 0 Å². The molecule has 19 heavy (non-hydrogen) atoms. The Morgan fingerprint density at radius 3 is 2.26 bits per heavy atom. The molecule has 0 amide bonds. The Hall–Kier alpha value is -2.09. The molecule has 0 spiro atoms. The van der Waals surface area contributed by atoms with Gasteiger partial charge in [0.15, 0.2) is 5.78 Å². The van der Waals surface area contributed by atoms with Crippen molar-refractivity contribution in [3.8, 4) is 0 Å². The zero-order chi connectivity index (χ0) is 13.2. The molecule has 2 aromatic carbocycles. The molecule has 0 radical (unpaired) electrons. The van der Waals surface area contributed by atoms with E-state index in [4.69, 9.17) is 5.73 Å². The normalized spacial score (nSPS) is 14.9. The molecule has 1 saturated carbocycles. The maximum atomic E-state index is 12.4. The van der Waals surface area contributed by atoms with E-state index < -0.39 is 0 Å². The molecule has 0 aromatic heterocycles. The minimum Gasteiger partial charge on any atom is -0.398 e. The second-order valence-electron chi connectivity index (χ2n) is 5.17. The molecular formula is C17H17NO. The van der Waals surface area contributed by atoms with Gasteiger partial charge in [0.25, 0.3) is 0 Å². The van der Waals surface area contributed by atoms with Crippen LogP contribution in [-0.4, -0.2) is 5.78 Å². The molecule has 1 fully saturated rings. The summed E-state index contributed by atoms with van der Waals surface area (Å²) in [5, 5.41) is 0. The minimum absolute atomic E-state index is 0.00161. The van der Waals surface area contributed by atoms with E-state index in [1.807, 2.05) is 24.3 Å². The first kappa shape index (κ1) is 12.0. The van der Waals surface area contributed by atoms with Crippen LogP contribution in [0.1, 0.15) is 46.7 Å². The van der Waals surface area contributed by atoms with E-state index in [0.717, 1.165) is 0 Å². The summed E-state index contributed by atoms with van der Waals surface area (Å²) in [6.07, 6.45) is 3.88. The van der Waals surface area contributed by atoms with E-state index in [1.165, 1.54) is 24.8 Å². The average molecular weight is 251 g/mol. The number of carbonyl (C=O) groups excluding carboxylic acids is 1. The molecule has 1 aliphatic rings. The van der Waals surface area contributed by atoms with Crippen molar-refractivity contribution in [2.24, 2.45) is 0 Å². The number of para-hydroxylation sites is 1. The highest BCUT2D eigenvalue weighted by molar-refractivity contribution is 6.12. The van der Waals surface area contributed by atoms with Gasteiger partial charge in [0, 0.05) is 16.8 Å². The predicted octanol–water partition coefficient (Wildman–Crippen LogP) is 3.77. The first-order valence-electron chi connectivity index (χ1n) is 6.75.